The molecule has 0 aromatic rings. The van der Waals surface area contributed by atoms with Crippen LogP contribution >= 0.6 is 0 Å². The summed E-state index contributed by atoms with van der Waals surface area (Å²) in [5, 5.41) is 8.84. The topological polar surface area (TPSA) is 23.8 Å². The van der Waals surface area contributed by atoms with Gasteiger partial charge in [-0.25, -0.2) is 0 Å². The molecule has 0 heterocycles. The summed E-state index contributed by atoms with van der Waals surface area (Å²) in [6.07, 6.45) is 20.2. The molecule has 116 valence electrons. The summed E-state index contributed by atoms with van der Waals surface area (Å²) in [4.78, 5) is 0. The van der Waals surface area contributed by atoms with E-state index in [0.29, 0.717) is 0 Å². The van der Waals surface area contributed by atoms with Gasteiger partial charge >= 0.3 is 0 Å². The predicted octanol–water partition coefficient (Wildman–Crippen LogP) is 6.94. The molecule has 0 fully saturated rings. The molecule has 0 amide bonds. The molecule has 0 aliphatic rings. The van der Waals surface area contributed by atoms with Gasteiger partial charge in [0.05, 0.1) is 6.07 Å². The molecule has 1 nitrogen and oxygen atoms in total. The fourth-order valence-electron chi connectivity index (χ4n) is 2.63. The molecule has 0 N–H and O–H groups in total. The van der Waals surface area contributed by atoms with E-state index in [1.54, 1.807) is 6.08 Å². The molecule has 0 saturated heterocycles. The minimum absolute atomic E-state index is 1.14. The molecule has 0 unspecified atom stereocenters. The van der Waals surface area contributed by atoms with Gasteiger partial charge in [-0.15, -0.1) is 0 Å². The van der Waals surface area contributed by atoms with E-state index in [1.807, 2.05) is 0 Å². The van der Waals surface area contributed by atoms with Gasteiger partial charge < -0.3 is 0 Å². The molecule has 0 aliphatic carbocycles. The van der Waals surface area contributed by atoms with Crippen molar-refractivity contribution in [3.63, 3.8) is 0 Å². The lowest BCUT2D eigenvalue weighted by molar-refractivity contribution is 0.569. The molecular weight excluding hydrogens is 242 g/mol. The third-order valence-corrected chi connectivity index (χ3v) is 3.97. The molecule has 0 aromatic carbocycles. The van der Waals surface area contributed by atoms with Crippen molar-refractivity contribution in [3.8, 4) is 6.07 Å². The lowest BCUT2D eigenvalue weighted by Crippen LogP contribution is -1.87. The van der Waals surface area contributed by atoms with Crippen molar-refractivity contribution < 1.29 is 0 Å². The molecule has 0 saturated carbocycles. The molecule has 1 heteroatoms. The Morgan fingerprint density at radius 1 is 0.700 bits per heavy atom. The summed E-state index contributed by atoms with van der Waals surface area (Å²) in [7, 11) is 0. The van der Waals surface area contributed by atoms with E-state index in [0.717, 1.165) is 12.8 Å². The van der Waals surface area contributed by atoms with Gasteiger partial charge in [0.15, 0.2) is 0 Å². The van der Waals surface area contributed by atoms with Crippen LogP contribution in [0.2, 0.25) is 0 Å². The second kappa shape index (κ2) is 16.3. The first-order valence-corrected chi connectivity index (χ1v) is 8.92. The largest absolute Gasteiger partial charge is 0.193 e. The van der Waals surface area contributed by atoms with Gasteiger partial charge in [0, 0.05) is 6.08 Å². The molecular formula is C19H35N. The van der Waals surface area contributed by atoms with Gasteiger partial charge in [-0.1, -0.05) is 83.6 Å². The third kappa shape index (κ3) is 13.7. The predicted molar refractivity (Wildman–Crippen MR) is 89.7 cm³/mol. The van der Waals surface area contributed by atoms with Crippen molar-refractivity contribution in [1.29, 1.82) is 5.26 Å². The average Bonchev–Trinajstić information content (AvgIpc) is 2.46. The summed E-state index contributed by atoms with van der Waals surface area (Å²) in [6, 6.07) is 2.22. The minimum atomic E-state index is 1.14. The zero-order chi connectivity index (χ0) is 14.9. The number of allylic oxidation sites excluding steroid dienone is 2. The van der Waals surface area contributed by atoms with E-state index >= 15 is 0 Å². The zero-order valence-corrected chi connectivity index (χ0v) is 13.9. The maximum atomic E-state index is 8.84. The molecule has 20 heavy (non-hydrogen) atoms. The van der Waals surface area contributed by atoms with Crippen molar-refractivity contribution in [3.05, 3.63) is 11.6 Å². The minimum Gasteiger partial charge on any atom is -0.193 e. The molecule has 0 aromatic heterocycles. The van der Waals surface area contributed by atoms with Crippen LogP contribution < -0.4 is 0 Å². The van der Waals surface area contributed by atoms with Crippen LogP contribution in [0, 0.1) is 11.3 Å². The Kier molecular flexibility index (Phi) is 15.7. The van der Waals surface area contributed by atoms with Crippen LogP contribution in [0.1, 0.15) is 104 Å². The summed E-state index contributed by atoms with van der Waals surface area (Å²) < 4.78 is 0. The highest BCUT2D eigenvalue weighted by Gasteiger charge is 1.99. The van der Waals surface area contributed by atoms with Crippen molar-refractivity contribution in [2.24, 2.45) is 0 Å². The Morgan fingerprint density at radius 2 is 1.10 bits per heavy atom. The molecule has 0 radical (unpaired) electrons. The smallest absolute Gasteiger partial charge is 0.0911 e. The normalized spacial score (nSPS) is 11.6. The number of unbranched alkanes of at least 4 members (excludes halogenated alkanes) is 10. The van der Waals surface area contributed by atoms with Gasteiger partial charge in [0.2, 0.25) is 0 Å². The van der Waals surface area contributed by atoms with Crippen LogP contribution in [-0.2, 0) is 0 Å². The Balaban J connectivity index is 3.52. The van der Waals surface area contributed by atoms with Crippen LogP contribution in [0.15, 0.2) is 11.6 Å². The van der Waals surface area contributed by atoms with E-state index in [1.165, 1.54) is 82.6 Å². The monoisotopic (exact) mass is 277 g/mol. The first-order valence-electron chi connectivity index (χ1n) is 8.92. The number of rotatable bonds is 14. The number of hydrogen-bond acceptors (Lipinski definition) is 1. The van der Waals surface area contributed by atoms with Gasteiger partial charge in [-0.3, -0.25) is 0 Å². The SMILES string of the molecule is CCCCCCCCCCC(=CC#N)CCCCCC. The van der Waals surface area contributed by atoms with E-state index < -0.39 is 0 Å². The summed E-state index contributed by atoms with van der Waals surface area (Å²) in [5.74, 6) is 0. The third-order valence-electron chi connectivity index (χ3n) is 3.97. The highest BCUT2D eigenvalue weighted by Crippen LogP contribution is 2.18. The van der Waals surface area contributed by atoms with Crippen LogP contribution in [0.5, 0.6) is 0 Å². The molecule has 0 atom stereocenters. The first kappa shape index (κ1) is 19.2. The van der Waals surface area contributed by atoms with E-state index in [9.17, 15) is 0 Å². The highest BCUT2D eigenvalue weighted by molar-refractivity contribution is 5.13. The van der Waals surface area contributed by atoms with Crippen molar-refractivity contribution in [1.82, 2.24) is 0 Å². The second-order valence-electron chi connectivity index (χ2n) is 5.97. The molecule has 0 aliphatic heterocycles. The summed E-state index contributed by atoms with van der Waals surface area (Å²) in [6.45, 7) is 4.51. The molecule has 0 spiro atoms. The van der Waals surface area contributed by atoms with Crippen molar-refractivity contribution in [2.75, 3.05) is 0 Å². The fourth-order valence-corrected chi connectivity index (χ4v) is 2.63. The fraction of sp³-hybridized carbons (Fsp3) is 0.842. The Labute approximate surface area is 127 Å². The second-order valence-corrected chi connectivity index (χ2v) is 5.97. The van der Waals surface area contributed by atoms with E-state index in [2.05, 4.69) is 19.9 Å². The van der Waals surface area contributed by atoms with Crippen LogP contribution in [0.4, 0.5) is 0 Å². The first-order chi connectivity index (χ1) is 9.85. The number of nitrogens with zero attached hydrogens (tertiary/aromatic N) is 1. The zero-order valence-electron chi connectivity index (χ0n) is 13.9. The van der Waals surface area contributed by atoms with Gasteiger partial charge in [-0.2, -0.15) is 5.26 Å². The summed E-state index contributed by atoms with van der Waals surface area (Å²) >= 11 is 0. The van der Waals surface area contributed by atoms with Gasteiger partial charge in [0.1, 0.15) is 0 Å². The van der Waals surface area contributed by atoms with Crippen LogP contribution in [0.3, 0.4) is 0 Å². The van der Waals surface area contributed by atoms with E-state index in [-0.39, 0.29) is 0 Å². The molecule has 0 rings (SSSR count). The highest BCUT2D eigenvalue weighted by atomic mass is 14.2. The average molecular weight is 277 g/mol. The maximum absolute atomic E-state index is 8.84. The number of nitriles is 1. The standard InChI is InChI=1S/C19H35N/c1-3-5-7-9-10-11-12-14-16-19(17-18-20)15-13-8-6-4-2/h17H,3-16H2,1-2H3. The summed E-state index contributed by atoms with van der Waals surface area (Å²) in [5.41, 5.74) is 1.38. The van der Waals surface area contributed by atoms with Crippen LogP contribution in [-0.4, -0.2) is 0 Å². The Bertz CT molecular complexity index is 259. The van der Waals surface area contributed by atoms with E-state index in [4.69, 9.17) is 5.26 Å². The van der Waals surface area contributed by atoms with Crippen molar-refractivity contribution >= 4 is 0 Å². The molecule has 0 bridgehead atoms. The van der Waals surface area contributed by atoms with Gasteiger partial charge in [-0.05, 0) is 25.7 Å². The van der Waals surface area contributed by atoms with Crippen LogP contribution in [0.25, 0.3) is 0 Å². The maximum Gasteiger partial charge on any atom is 0.0911 e. The quantitative estimate of drug-likeness (QED) is 0.249. The Hall–Kier alpha value is -0.770. The lowest BCUT2D eigenvalue weighted by atomic mass is 9.99. The lowest BCUT2D eigenvalue weighted by Gasteiger charge is -2.06. The number of hydrogen-bond donors (Lipinski definition) is 0. The van der Waals surface area contributed by atoms with Crippen molar-refractivity contribution in [2.45, 2.75) is 104 Å². The Morgan fingerprint density at radius 3 is 1.55 bits per heavy atom. The van der Waals surface area contributed by atoms with Gasteiger partial charge in [0.25, 0.3) is 0 Å².